The minimum Gasteiger partial charge on any atom is -0.342 e. The first-order valence-electron chi connectivity index (χ1n) is 12.2. The standard InChI is InChI=1S/C26H32N4O3S/c1-18-13-19(2)16-29(15-18)26(31)21-9-6-12-30(17-21)34(32,33)22-10-11-23-24(14-22)28-25(27-23)20-7-4-3-5-8-20/h3-5,7-8,10-11,14,18-19,21H,6,9,12-13,15-17H2,1-2H3,(H,27,28)/t18-,19-,21-/m1/s1. The molecule has 8 heteroatoms. The summed E-state index contributed by atoms with van der Waals surface area (Å²) < 4.78 is 28.5. The van der Waals surface area contributed by atoms with Gasteiger partial charge in [0.25, 0.3) is 0 Å². The lowest BCUT2D eigenvalue weighted by Crippen LogP contribution is -2.50. The number of carbonyl (C=O) groups excluding carboxylic acids is 1. The van der Waals surface area contributed by atoms with Gasteiger partial charge >= 0.3 is 0 Å². The summed E-state index contributed by atoms with van der Waals surface area (Å²) in [7, 11) is -3.71. The third kappa shape index (κ3) is 4.49. The summed E-state index contributed by atoms with van der Waals surface area (Å²) in [6.07, 6.45) is 2.57. The maximum Gasteiger partial charge on any atom is 0.243 e. The summed E-state index contributed by atoms with van der Waals surface area (Å²) in [5, 5.41) is 0. The number of likely N-dealkylation sites (tertiary alicyclic amines) is 1. The number of piperidine rings is 2. The maximum atomic E-state index is 13.5. The number of H-pyrrole nitrogens is 1. The molecular formula is C26H32N4O3S. The monoisotopic (exact) mass is 480 g/mol. The van der Waals surface area contributed by atoms with Crippen LogP contribution in [0.5, 0.6) is 0 Å². The average molecular weight is 481 g/mol. The van der Waals surface area contributed by atoms with Gasteiger partial charge in [0.05, 0.1) is 21.8 Å². The van der Waals surface area contributed by atoms with Crippen molar-refractivity contribution in [1.82, 2.24) is 19.2 Å². The molecule has 2 fully saturated rings. The molecular weight excluding hydrogens is 448 g/mol. The van der Waals surface area contributed by atoms with Gasteiger partial charge in [0.15, 0.2) is 0 Å². The number of imidazole rings is 1. The minimum absolute atomic E-state index is 0.106. The van der Waals surface area contributed by atoms with Crippen LogP contribution in [-0.4, -0.2) is 59.7 Å². The Bertz CT molecular complexity index is 1280. The van der Waals surface area contributed by atoms with Crippen molar-refractivity contribution in [3.63, 3.8) is 0 Å². The molecule has 0 aliphatic carbocycles. The van der Waals surface area contributed by atoms with E-state index in [1.165, 1.54) is 4.31 Å². The number of rotatable bonds is 4. The second kappa shape index (κ2) is 9.15. The second-order valence-corrected chi connectivity index (χ2v) is 12.0. The van der Waals surface area contributed by atoms with Crippen LogP contribution in [0, 0.1) is 17.8 Å². The van der Waals surface area contributed by atoms with Gasteiger partial charge in [0.1, 0.15) is 5.82 Å². The van der Waals surface area contributed by atoms with Gasteiger partial charge in [-0.1, -0.05) is 44.2 Å². The number of hydrogen-bond donors (Lipinski definition) is 1. The molecule has 1 N–H and O–H groups in total. The van der Waals surface area contributed by atoms with E-state index in [4.69, 9.17) is 0 Å². The lowest BCUT2D eigenvalue weighted by Gasteiger charge is -2.39. The summed E-state index contributed by atoms with van der Waals surface area (Å²) in [5.41, 5.74) is 2.35. The Hall–Kier alpha value is -2.71. The number of carbonyl (C=O) groups is 1. The Balaban J connectivity index is 1.36. The zero-order valence-electron chi connectivity index (χ0n) is 19.8. The normalized spacial score (nSPS) is 24.4. The number of nitrogens with zero attached hydrogens (tertiary/aromatic N) is 3. The number of aromatic amines is 1. The molecule has 1 aromatic heterocycles. The van der Waals surface area contributed by atoms with Crippen molar-refractivity contribution >= 4 is 27.0 Å². The summed E-state index contributed by atoms with van der Waals surface area (Å²) >= 11 is 0. The first-order valence-corrected chi connectivity index (χ1v) is 13.6. The van der Waals surface area contributed by atoms with Crippen molar-refractivity contribution in [1.29, 1.82) is 0 Å². The Morgan fingerprint density at radius 2 is 1.76 bits per heavy atom. The molecule has 5 rings (SSSR count). The Labute approximate surface area is 201 Å². The molecule has 2 aliphatic heterocycles. The van der Waals surface area contributed by atoms with E-state index in [9.17, 15) is 13.2 Å². The highest BCUT2D eigenvalue weighted by Gasteiger charge is 2.36. The second-order valence-electron chi connectivity index (χ2n) is 10.0. The molecule has 0 radical (unpaired) electrons. The molecule has 3 atom stereocenters. The molecule has 7 nitrogen and oxygen atoms in total. The molecule has 2 aromatic carbocycles. The molecule has 1 amide bonds. The van der Waals surface area contributed by atoms with Crippen molar-refractivity contribution in [2.45, 2.75) is 38.0 Å². The topological polar surface area (TPSA) is 86.4 Å². The maximum absolute atomic E-state index is 13.5. The first-order chi connectivity index (χ1) is 16.3. The fourth-order valence-electron chi connectivity index (χ4n) is 5.49. The number of hydrogen-bond acceptors (Lipinski definition) is 4. The van der Waals surface area contributed by atoms with Gasteiger partial charge in [-0.05, 0) is 49.3 Å². The number of amides is 1. The molecule has 2 aliphatic rings. The smallest absolute Gasteiger partial charge is 0.243 e. The average Bonchev–Trinajstić information content (AvgIpc) is 3.27. The van der Waals surface area contributed by atoms with E-state index in [0.717, 1.165) is 37.0 Å². The van der Waals surface area contributed by atoms with Crippen LogP contribution >= 0.6 is 0 Å². The van der Waals surface area contributed by atoms with Crippen LogP contribution in [0.4, 0.5) is 0 Å². The Morgan fingerprint density at radius 1 is 1.03 bits per heavy atom. The predicted molar refractivity (Wildman–Crippen MR) is 133 cm³/mol. The highest BCUT2D eigenvalue weighted by molar-refractivity contribution is 7.89. The Morgan fingerprint density at radius 3 is 2.50 bits per heavy atom. The molecule has 3 heterocycles. The van der Waals surface area contributed by atoms with E-state index in [1.54, 1.807) is 18.2 Å². The van der Waals surface area contributed by atoms with Crippen molar-refractivity contribution in [2.24, 2.45) is 17.8 Å². The predicted octanol–water partition coefficient (Wildman–Crippen LogP) is 4.14. The number of fused-ring (bicyclic) bond motifs is 1. The van der Waals surface area contributed by atoms with E-state index >= 15 is 0 Å². The van der Waals surface area contributed by atoms with E-state index in [1.807, 2.05) is 35.2 Å². The molecule has 3 aromatic rings. The number of benzene rings is 2. The van der Waals surface area contributed by atoms with Crippen LogP contribution in [0.1, 0.15) is 33.1 Å². The van der Waals surface area contributed by atoms with Gasteiger partial charge in [-0.25, -0.2) is 13.4 Å². The van der Waals surface area contributed by atoms with Gasteiger partial charge in [0, 0.05) is 31.7 Å². The molecule has 0 spiro atoms. The number of aromatic nitrogens is 2. The van der Waals surface area contributed by atoms with Crippen LogP contribution in [0.15, 0.2) is 53.4 Å². The van der Waals surface area contributed by atoms with Crippen LogP contribution in [-0.2, 0) is 14.8 Å². The zero-order valence-corrected chi connectivity index (χ0v) is 20.6. The summed E-state index contributed by atoms with van der Waals surface area (Å²) in [5.74, 6) is 1.51. The van der Waals surface area contributed by atoms with Crippen molar-refractivity contribution in [3.8, 4) is 11.4 Å². The molecule has 0 unspecified atom stereocenters. The highest BCUT2D eigenvalue weighted by Crippen LogP contribution is 2.29. The molecule has 0 saturated carbocycles. The SMILES string of the molecule is C[C@@H]1C[C@@H](C)CN(C(=O)[C@@H]2CCCN(S(=O)(=O)c3ccc4nc(-c5ccccc5)[nH]c4c3)C2)C1. The van der Waals surface area contributed by atoms with Crippen molar-refractivity contribution < 1.29 is 13.2 Å². The van der Waals surface area contributed by atoms with E-state index in [2.05, 4.69) is 23.8 Å². The van der Waals surface area contributed by atoms with Gasteiger partial charge in [-0.15, -0.1) is 0 Å². The van der Waals surface area contributed by atoms with Crippen molar-refractivity contribution in [2.75, 3.05) is 26.2 Å². The molecule has 34 heavy (non-hydrogen) atoms. The zero-order chi connectivity index (χ0) is 23.9. The fraction of sp³-hybridized carbons (Fsp3) is 0.462. The summed E-state index contributed by atoms with van der Waals surface area (Å²) in [6.45, 7) is 6.59. The van der Waals surface area contributed by atoms with Crippen LogP contribution in [0.3, 0.4) is 0 Å². The van der Waals surface area contributed by atoms with Gasteiger partial charge in [-0.3, -0.25) is 4.79 Å². The van der Waals surface area contributed by atoms with Crippen LogP contribution in [0.2, 0.25) is 0 Å². The van der Waals surface area contributed by atoms with Crippen LogP contribution < -0.4 is 0 Å². The molecule has 2 saturated heterocycles. The largest absolute Gasteiger partial charge is 0.342 e. The van der Waals surface area contributed by atoms with E-state index in [0.29, 0.717) is 36.1 Å². The third-order valence-corrected chi connectivity index (χ3v) is 8.91. The highest BCUT2D eigenvalue weighted by atomic mass is 32.2. The lowest BCUT2D eigenvalue weighted by molar-refractivity contribution is -0.139. The van der Waals surface area contributed by atoms with Crippen molar-refractivity contribution in [3.05, 3.63) is 48.5 Å². The summed E-state index contributed by atoms with van der Waals surface area (Å²) in [4.78, 5) is 23.3. The first kappa shape index (κ1) is 23.1. The van der Waals surface area contributed by atoms with E-state index in [-0.39, 0.29) is 23.3 Å². The van der Waals surface area contributed by atoms with Gasteiger partial charge in [0.2, 0.25) is 15.9 Å². The summed E-state index contributed by atoms with van der Waals surface area (Å²) in [6, 6.07) is 14.8. The third-order valence-electron chi connectivity index (χ3n) is 7.05. The van der Waals surface area contributed by atoms with Gasteiger partial charge in [-0.2, -0.15) is 4.31 Å². The molecule has 180 valence electrons. The fourth-order valence-corrected chi connectivity index (χ4v) is 7.04. The van der Waals surface area contributed by atoms with Gasteiger partial charge < -0.3 is 9.88 Å². The lowest BCUT2D eigenvalue weighted by atomic mass is 9.90. The number of sulfonamides is 1. The van der Waals surface area contributed by atoms with E-state index < -0.39 is 10.0 Å². The molecule has 0 bridgehead atoms. The minimum atomic E-state index is -3.71. The number of nitrogens with one attached hydrogen (secondary N) is 1. The quantitative estimate of drug-likeness (QED) is 0.608. The van der Waals surface area contributed by atoms with Crippen LogP contribution in [0.25, 0.3) is 22.4 Å². The Kier molecular flexibility index (Phi) is 6.20.